The normalized spacial score (nSPS) is 12.2. The van der Waals surface area contributed by atoms with Gasteiger partial charge in [-0.25, -0.2) is 4.79 Å². The van der Waals surface area contributed by atoms with Gasteiger partial charge in [-0.3, -0.25) is 5.32 Å². The third kappa shape index (κ3) is 6.14. The lowest BCUT2D eigenvalue weighted by atomic mass is 10.1. The number of carbonyl (C=O) groups is 1. The molecule has 1 aromatic rings. The molecule has 0 fully saturated rings. The molecule has 1 rings (SSSR count). The lowest BCUT2D eigenvalue weighted by Crippen LogP contribution is -2.34. The summed E-state index contributed by atoms with van der Waals surface area (Å²) < 4.78 is 10.4. The Kier molecular flexibility index (Phi) is 7.79. The summed E-state index contributed by atoms with van der Waals surface area (Å²) in [6.45, 7) is 4.32. The van der Waals surface area contributed by atoms with Gasteiger partial charge in [0.15, 0.2) is 0 Å². The standard InChI is InChI=1S/C16H26N2O3/c1-5-12-21-14-8-6-13(7-9-14)15(16(19)20-4)17-10-11-18(2)3/h6-9,15,17H,5,10-12H2,1-4H3. The predicted octanol–water partition coefficient (Wildman–Crippen LogP) is 1.84. The first-order chi connectivity index (χ1) is 10.1. The van der Waals surface area contributed by atoms with Crippen LogP contribution in [0, 0.1) is 0 Å². The molecule has 0 saturated heterocycles. The summed E-state index contributed by atoms with van der Waals surface area (Å²) in [4.78, 5) is 14.0. The van der Waals surface area contributed by atoms with E-state index in [0.29, 0.717) is 13.2 Å². The summed E-state index contributed by atoms with van der Waals surface area (Å²) >= 11 is 0. The molecule has 0 saturated carbocycles. The number of esters is 1. The maximum atomic E-state index is 11.9. The highest BCUT2D eigenvalue weighted by Gasteiger charge is 2.20. The van der Waals surface area contributed by atoms with Gasteiger partial charge in [0.05, 0.1) is 13.7 Å². The maximum absolute atomic E-state index is 11.9. The largest absolute Gasteiger partial charge is 0.494 e. The SMILES string of the molecule is CCCOc1ccc(C(NCCN(C)C)C(=O)OC)cc1. The predicted molar refractivity (Wildman–Crippen MR) is 83.5 cm³/mol. The molecule has 0 bridgehead atoms. The Bertz CT molecular complexity index is 418. The highest BCUT2D eigenvalue weighted by molar-refractivity contribution is 5.77. The van der Waals surface area contributed by atoms with Gasteiger partial charge >= 0.3 is 5.97 Å². The number of benzene rings is 1. The van der Waals surface area contributed by atoms with Crippen molar-refractivity contribution >= 4 is 5.97 Å². The molecule has 0 amide bonds. The third-order valence-electron chi connectivity index (χ3n) is 3.03. The molecule has 0 aliphatic rings. The Hall–Kier alpha value is -1.59. The van der Waals surface area contributed by atoms with Crippen LogP contribution in [0.5, 0.6) is 5.75 Å². The Morgan fingerprint density at radius 2 is 1.95 bits per heavy atom. The Morgan fingerprint density at radius 1 is 1.29 bits per heavy atom. The zero-order chi connectivity index (χ0) is 15.7. The molecule has 0 aliphatic heterocycles. The fraction of sp³-hybridized carbons (Fsp3) is 0.562. The monoisotopic (exact) mass is 294 g/mol. The van der Waals surface area contributed by atoms with Crippen molar-refractivity contribution in [3.8, 4) is 5.75 Å². The summed E-state index contributed by atoms with van der Waals surface area (Å²) in [5.74, 6) is 0.536. The van der Waals surface area contributed by atoms with Gasteiger partial charge in [-0.05, 0) is 38.2 Å². The van der Waals surface area contributed by atoms with Crippen LogP contribution in [0.2, 0.25) is 0 Å². The molecule has 5 heteroatoms. The van der Waals surface area contributed by atoms with Crippen LogP contribution >= 0.6 is 0 Å². The first-order valence-electron chi connectivity index (χ1n) is 7.27. The van der Waals surface area contributed by atoms with Crippen LogP contribution in [0.4, 0.5) is 0 Å². The molecule has 0 spiro atoms. The fourth-order valence-corrected chi connectivity index (χ4v) is 1.86. The molecule has 0 heterocycles. The van der Waals surface area contributed by atoms with E-state index in [0.717, 1.165) is 24.3 Å². The van der Waals surface area contributed by atoms with Crippen LogP contribution in [0.3, 0.4) is 0 Å². The maximum Gasteiger partial charge on any atom is 0.327 e. The topological polar surface area (TPSA) is 50.8 Å². The van der Waals surface area contributed by atoms with Gasteiger partial charge in [0, 0.05) is 13.1 Å². The summed E-state index contributed by atoms with van der Waals surface area (Å²) in [6, 6.07) is 7.11. The van der Waals surface area contributed by atoms with Crippen LogP contribution < -0.4 is 10.1 Å². The zero-order valence-corrected chi connectivity index (χ0v) is 13.4. The molecule has 1 atom stereocenters. The molecule has 1 unspecified atom stereocenters. The number of ether oxygens (including phenoxy) is 2. The summed E-state index contributed by atoms with van der Waals surface area (Å²) in [6.07, 6.45) is 0.971. The smallest absolute Gasteiger partial charge is 0.327 e. The lowest BCUT2D eigenvalue weighted by molar-refractivity contribution is -0.143. The van der Waals surface area contributed by atoms with Crippen molar-refractivity contribution in [3.63, 3.8) is 0 Å². The van der Waals surface area contributed by atoms with Crippen LogP contribution in [0.25, 0.3) is 0 Å². The van der Waals surface area contributed by atoms with Crippen LogP contribution in [0.15, 0.2) is 24.3 Å². The minimum Gasteiger partial charge on any atom is -0.494 e. The minimum absolute atomic E-state index is 0.281. The number of hydrogen-bond acceptors (Lipinski definition) is 5. The van der Waals surface area contributed by atoms with Gasteiger partial charge in [-0.15, -0.1) is 0 Å². The molecular formula is C16H26N2O3. The van der Waals surface area contributed by atoms with Gasteiger partial charge in [-0.1, -0.05) is 19.1 Å². The second-order valence-electron chi connectivity index (χ2n) is 5.13. The van der Waals surface area contributed by atoms with Crippen molar-refractivity contribution in [2.24, 2.45) is 0 Å². The van der Waals surface area contributed by atoms with Gasteiger partial charge in [0.1, 0.15) is 11.8 Å². The number of carbonyl (C=O) groups excluding carboxylic acids is 1. The second-order valence-corrected chi connectivity index (χ2v) is 5.13. The van der Waals surface area contributed by atoms with E-state index < -0.39 is 6.04 Å². The highest BCUT2D eigenvalue weighted by Crippen LogP contribution is 2.19. The minimum atomic E-state index is -0.449. The van der Waals surface area contributed by atoms with Crippen molar-refractivity contribution < 1.29 is 14.3 Å². The number of methoxy groups -OCH3 is 1. The van der Waals surface area contributed by atoms with Gasteiger partial charge < -0.3 is 14.4 Å². The Morgan fingerprint density at radius 3 is 2.48 bits per heavy atom. The molecule has 0 aromatic heterocycles. The quantitative estimate of drug-likeness (QED) is 0.704. The van der Waals surface area contributed by atoms with Crippen LogP contribution in [-0.4, -0.2) is 51.8 Å². The lowest BCUT2D eigenvalue weighted by Gasteiger charge is -2.18. The molecular weight excluding hydrogens is 268 g/mol. The van der Waals surface area contributed by atoms with E-state index in [9.17, 15) is 4.79 Å². The fourth-order valence-electron chi connectivity index (χ4n) is 1.86. The molecule has 1 N–H and O–H groups in total. The van der Waals surface area contributed by atoms with Crippen molar-refractivity contribution in [1.29, 1.82) is 0 Å². The second kappa shape index (κ2) is 9.37. The van der Waals surface area contributed by atoms with Crippen molar-refractivity contribution in [2.45, 2.75) is 19.4 Å². The van der Waals surface area contributed by atoms with Crippen molar-refractivity contribution in [1.82, 2.24) is 10.2 Å². The number of nitrogens with zero attached hydrogens (tertiary/aromatic N) is 1. The molecule has 118 valence electrons. The first-order valence-corrected chi connectivity index (χ1v) is 7.27. The van der Waals surface area contributed by atoms with E-state index in [2.05, 4.69) is 17.1 Å². The van der Waals surface area contributed by atoms with E-state index in [4.69, 9.17) is 9.47 Å². The molecule has 21 heavy (non-hydrogen) atoms. The number of nitrogens with one attached hydrogen (secondary N) is 1. The van der Waals surface area contributed by atoms with Crippen molar-refractivity contribution in [3.05, 3.63) is 29.8 Å². The zero-order valence-electron chi connectivity index (χ0n) is 13.4. The summed E-state index contributed by atoms with van der Waals surface area (Å²) in [5, 5.41) is 3.22. The van der Waals surface area contributed by atoms with Crippen LogP contribution in [-0.2, 0) is 9.53 Å². The van der Waals surface area contributed by atoms with E-state index in [1.807, 2.05) is 38.4 Å². The molecule has 1 aromatic carbocycles. The molecule has 0 radical (unpaired) electrons. The molecule has 0 aliphatic carbocycles. The highest BCUT2D eigenvalue weighted by atomic mass is 16.5. The van der Waals surface area contributed by atoms with E-state index >= 15 is 0 Å². The van der Waals surface area contributed by atoms with Gasteiger partial charge in [-0.2, -0.15) is 0 Å². The number of likely N-dealkylation sites (N-methyl/N-ethyl adjacent to an activating group) is 1. The Labute approximate surface area is 127 Å². The van der Waals surface area contributed by atoms with Gasteiger partial charge in [0.25, 0.3) is 0 Å². The first kappa shape index (κ1) is 17.5. The van der Waals surface area contributed by atoms with Crippen LogP contribution in [0.1, 0.15) is 24.9 Å². The summed E-state index contributed by atoms with van der Waals surface area (Å²) in [7, 11) is 5.39. The average Bonchev–Trinajstić information content (AvgIpc) is 2.49. The third-order valence-corrected chi connectivity index (χ3v) is 3.03. The van der Waals surface area contributed by atoms with E-state index in [-0.39, 0.29) is 5.97 Å². The average molecular weight is 294 g/mol. The number of hydrogen-bond donors (Lipinski definition) is 1. The number of rotatable bonds is 9. The van der Waals surface area contributed by atoms with E-state index in [1.54, 1.807) is 0 Å². The summed E-state index contributed by atoms with van der Waals surface area (Å²) in [5.41, 5.74) is 0.879. The Balaban J connectivity index is 2.71. The van der Waals surface area contributed by atoms with Crippen molar-refractivity contribution in [2.75, 3.05) is 40.9 Å². The van der Waals surface area contributed by atoms with E-state index in [1.165, 1.54) is 7.11 Å². The molecule has 5 nitrogen and oxygen atoms in total. The van der Waals surface area contributed by atoms with Gasteiger partial charge in [0.2, 0.25) is 0 Å².